The lowest BCUT2D eigenvalue weighted by Crippen LogP contribution is -2.41. The molecule has 27 heavy (non-hydrogen) atoms. The topological polar surface area (TPSA) is 105 Å². The highest BCUT2D eigenvalue weighted by molar-refractivity contribution is 7.99. The number of rotatable bonds is 5. The summed E-state index contributed by atoms with van der Waals surface area (Å²) >= 11 is 1.08. The molecule has 3 rings (SSSR count). The first-order valence-electron chi connectivity index (χ1n) is 7.82. The van der Waals surface area contributed by atoms with Crippen molar-refractivity contribution in [1.82, 2.24) is 18.7 Å². The van der Waals surface area contributed by atoms with Gasteiger partial charge in [-0.05, 0) is 18.2 Å². The van der Waals surface area contributed by atoms with Crippen molar-refractivity contribution in [2.75, 3.05) is 11.5 Å². The van der Waals surface area contributed by atoms with E-state index in [-0.39, 0.29) is 17.1 Å². The van der Waals surface area contributed by atoms with E-state index in [2.05, 4.69) is 4.98 Å². The molecule has 0 bridgehead atoms. The maximum atomic E-state index is 13.4. The minimum Gasteiger partial charge on any atom is -0.384 e. The quantitative estimate of drug-likeness (QED) is 0.515. The van der Waals surface area contributed by atoms with Gasteiger partial charge in [0.15, 0.2) is 10.9 Å². The molecule has 8 nitrogen and oxygen atoms in total. The van der Waals surface area contributed by atoms with E-state index in [0.29, 0.717) is 10.8 Å². The first-order valence-corrected chi connectivity index (χ1v) is 8.80. The minimum atomic E-state index is -0.741. The zero-order valence-corrected chi connectivity index (χ0v) is 15.4. The summed E-state index contributed by atoms with van der Waals surface area (Å²) in [6.07, 6.45) is 3.17. The first kappa shape index (κ1) is 18.6. The summed E-state index contributed by atoms with van der Waals surface area (Å²) in [4.78, 5) is 40.8. The summed E-state index contributed by atoms with van der Waals surface area (Å²) in [7, 11) is 2.67. The molecule has 0 spiro atoms. The Labute approximate surface area is 157 Å². The van der Waals surface area contributed by atoms with E-state index in [1.54, 1.807) is 22.9 Å². The van der Waals surface area contributed by atoms with Crippen molar-refractivity contribution >= 4 is 23.4 Å². The number of nitrogens with zero attached hydrogens (tertiary/aromatic N) is 4. The predicted octanol–water partition coefficient (Wildman–Crippen LogP) is 0.966. The van der Waals surface area contributed by atoms with Crippen molar-refractivity contribution in [3.63, 3.8) is 0 Å². The molecule has 0 atom stereocenters. The number of ketones is 1. The van der Waals surface area contributed by atoms with Crippen LogP contribution in [-0.2, 0) is 14.1 Å². The van der Waals surface area contributed by atoms with Crippen molar-refractivity contribution in [2.45, 2.75) is 5.16 Å². The van der Waals surface area contributed by atoms with Crippen LogP contribution in [0.1, 0.15) is 10.4 Å². The summed E-state index contributed by atoms with van der Waals surface area (Å²) in [6, 6.07) is 5.94. The number of carbonyl (C=O) groups is 1. The van der Waals surface area contributed by atoms with Crippen LogP contribution in [0.25, 0.3) is 5.69 Å². The number of halogens is 1. The molecular weight excluding hydrogens is 373 g/mol. The van der Waals surface area contributed by atoms with Crippen molar-refractivity contribution in [3.8, 4) is 5.69 Å². The lowest BCUT2D eigenvalue weighted by Gasteiger charge is -2.11. The monoisotopic (exact) mass is 389 g/mol. The van der Waals surface area contributed by atoms with Gasteiger partial charge in [0.1, 0.15) is 17.2 Å². The molecule has 2 N–H and O–H groups in total. The van der Waals surface area contributed by atoms with Crippen LogP contribution in [0.5, 0.6) is 0 Å². The molecule has 2 heterocycles. The Hall–Kier alpha value is -3.14. The molecule has 0 fully saturated rings. The second-order valence-electron chi connectivity index (χ2n) is 5.74. The van der Waals surface area contributed by atoms with Gasteiger partial charge in [0, 0.05) is 26.5 Å². The van der Waals surface area contributed by atoms with Gasteiger partial charge in [-0.3, -0.25) is 23.3 Å². The van der Waals surface area contributed by atoms with Crippen LogP contribution in [0, 0.1) is 5.82 Å². The standard InChI is InChI=1S/C17H16FN5O3S/c1-21-14(19)13(15(25)22(2)17(21)26)12(24)9-27-16-20-6-7-23(16)11-5-3-4-10(18)8-11/h3-8H,9,19H2,1-2H3. The van der Waals surface area contributed by atoms with Crippen molar-refractivity contribution in [3.05, 3.63) is 68.9 Å². The molecule has 0 aliphatic heterocycles. The largest absolute Gasteiger partial charge is 0.384 e. The fourth-order valence-electron chi connectivity index (χ4n) is 2.54. The highest BCUT2D eigenvalue weighted by Gasteiger charge is 2.21. The normalized spacial score (nSPS) is 10.9. The number of nitrogens with two attached hydrogens (primary N) is 1. The zero-order valence-electron chi connectivity index (χ0n) is 14.5. The van der Waals surface area contributed by atoms with Gasteiger partial charge in [-0.15, -0.1) is 0 Å². The molecule has 3 aromatic rings. The number of benzene rings is 1. The molecule has 1 aromatic carbocycles. The molecule has 140 valence electrons. The van der Waals surface area contributed by atoms with E-state index in [0.717, 1.165) is 20.9 Å². The fraction of sp³-hybridized carbons (Fsp3) is 0.176. The van der Waals surface area contributed by atoms with E-state index in [9.17, 15) is 18.8 Å². The number of hydrogen-bond donors (Lipinski definition) is 1. The average Bonchev–Trinajstić information content (AvgIpc) is 3.12. The highest BCUT2D eigenvalue weighted by atomic mass is 32.2. The van der Waals surface area contributed by atoms with Gasteiger partial charge in [0.05, 0.1) is 11.4 Å². The number of thioether (sulfide) groups is 1. The van der Waals surface area contributed by atoms with Gasteiger partial charge < -0.3 is 5.73 Å². The molecule has 0 unspecified atom stereocenters. The average molecular weight is 389 g/mol. The smallest absolute Gasteiger partial charge is 0.332 e. The zero-order chi connectivity index (χ0) is 19.7. The van der Waals surface area contributed by atoms with Crippen LogP contribution >= 0.6 is 11.8 Å². The third-order valence-corrected chi connectivity index (χ3v) is 4.98. The van der Waals surface area contributed by atoms with Crippen LogP contribution in [0.15, 0.2) is 51.4 Å². The number of hydrogen-bond acceptors (Lipinski definition) is 6. The molecular formula is C17H16FN5O3S. The summed E-state index contributed by atoms with van der Waals surface area (Å²) in [6.45, 7) is 0. The number of anilines is 1. The van der Waals surface area contributed by atoms with Crippen molar-refractivity contribution in [2.24, 2.45) is 14.1 Å². The van der Waals surface area contributed by atoms with E-state index in [1.165, 1.54) is 32.4 Å². The number of Topliss-reactive ketones (excluding diaryl/α,β-unsaturated/α-hetero) is 1. The van der Waals surface area contributed by atoms with Gasteiger partial charge in [-0.1, -0.05) is 17.8 Å². The van der Waals surface area contributed by atoms with Gasteiger partial charge in [0.25, 0.3) is 5.56 Å². The van der Waals surface area contributed by atoms with E-state index in [1.807, 2.05) is 0 Å². The van der Waals surface area contributed by atoms with Crippen LogP contribution < -0.4 is 17.0 Å². The van der Waals surface area contributed by atoms with Crippen molar-refractivity contribution in [1.29, 1.82) is 0 Å². The van der Waals surface area contributed by atoms with E-state index in [4.69, 9.17) is 5.73 Å². The summed E-state index contributed by atoms with van der Waals surface area (Å²) in [5, 5.41) is 0.453. The van der Waals surface area contributed by atoms with Gasteiger partial charge in [-0.2, -0.15) is 0 Å². The molecule has 2 aromatic heterocycles. The lowest BCUT2D eigenvalue weighted by atomic mass is 10.2. The maximum Gasteiger partial charge on any atom is 0.332 e. The molecule has 0 radical (unpaired) electrons. The highest BCUT2D eigenvalue weighted by Crippen LogP contribution is 2.22. The molecule has 10 heteroatoms. The second-order valence-corrected chi connectivity index (χ2v) is 6.68. The Kier molecular flexibility index (Phi) is 5.00. The third-order valence-electron chi connectivity index (χ3n) is 4.01. The predicted molar refractivity (Wildman–Crippen MR) is 99.9 cm³/mol. The number of nitrogen functional groups attached to an aromatic ring is 1. The van der Waals surface area contributed by atoms with Gasteiger partial charge >= 0.3 is 5.69 Å². The van der Waals surface area contributed by atoms with Gasteiger partial charge in [-0.25, -0.2) is 14.2 Å². The second kappa shape index (κ2) is 7.23. The SMILES string of the molecule is Cn1c(N)c(C(=O)CSc2nccn2-c2cccc(F)c2)c(=O)n(C)c1=O. The molecule has 0 aliphatic carbocycles. The Morgan fingerprint density at radius 2 is 2.00 bits per heavy atom. The molecule has 0 amide bonds. The maximum absolute atomic E-state index is 13.4. The van der Waals surface area contributed by atoms with E-state index >= 15 is 0 Å². The third kappa shape index (κ3) is 3.43. The summed E-state index contributed by atoms with van der Waals surface area (Å²) < 4.78 is 17.0. The van der Waals surface area contributed by atoms with Gasteiger partial charge in [0.2, 0.25) is 0 Å². The number of imidazole rings is 1. The first-order chi connectivity index (χ1) is 12.8. The summed E-state index contributed by atoms with van der Waals surface area (Å²) in [5.41, 5.74) is 4.76. The van der Waals surface area contributed by atoms with Crippen LogP contribution in [0.3, 0.4) is 0 Å². The number of aromatic nitrogens is 4. The Morgan fingerprint density at radius 3 is 2.70 bits per heavy atom. The minimum absolute atomic E-state index is 0.121. The van der Waals surface area contributed by atoms with E-state index < -0.39 is 22.8 Å². The Balaban J connectivity index is 1.88. The van der Waals surface area contributed by atoms with Crippen LogP contribution in [0.4, 0.5) is 10.2 Å². The Bertz CT molecular complexity index is 1150. The van der Waals surface area contributed by atoms with Crippen LogP contribution in [-0.4, -0.2) is 30.2 Å². The van der Waals surface area contributed by atoms with Crippen LogP contribution in [0.2, 0.25) is 0 Å². The molecule has 0 aliphatic rings. The Morgan fingerprint density at radius 1 is 1.26 bits per heavy atom. The molecule has 0 saturated heterocycles. The summed E-state index contributed by atoms with van der Waals surface area (Å²) in [5.74, 6) is -1.22. The fourth-order valence-corrected chi connectivity index (χ4v) is 3.39. The number of carbonyl (C=O) groups excluding carboxylic acids is 1. The van der Waals surface area contributed by atoms with Crippen molar-refractivity contribution < 1.29 is 9.18 Å². The lowest BCUT2D eigenvalue weighted by molar-refractivity contribution is 0.102. The molecule has 0 saturated carbocycles.